The largest absolute Gasteiger partial charge is 0.0654 e. The first kappa shape index (κ1) is 35.2. The van der Waals surface area contributed by atoms with Gasteiger partial charge < -0.3 is 0 Å². The van der Waals surface area contributed by atoms with Gasteiger partial charge in [0.05, 0.1) is 0 Å². The van der Waals surface area contributed by atoms with Crippen LogP contribution >= 0.6 is 0 Å². The zero-order chi connectivity index (χ0) is 29.1. The third kappa shape index (κ3) is 9.50. The number of hydrogen-bond donors (Lipinski definition) is 0. The molecule has 0 aromatic carbocycles. The van der Waals surface area contributed by atoms with Crippen molar-refractivity contribution in [3.63, 3.8) is 0 Å². The predicted molar refractivity (Wildman–Crippen MR) is 177 cm³/mol. The Hall–Kier alpha value is 0. The van der Waals surface area contributed by atoms with E-state index in [2.05, 4.69) is 69.2 Å². The third-order valence-electron chi connectivity index (χ3n) is 12.7. The van der Waals surface area contributed by atoms with Crippen molar-refractivity contribution >= 4 is 0 Å². The molecule has 0 heteroatoms. The Balaban J connectivity index is 2.28. The molecule has 0 bridgehead atoms. The molecule has 0 nitrogen and oxygen atoms in total. The van der Waals surface area contributed by atoms with Crippen molar-refractivity contribution in [1.29, 1.82) is 0 Å². The van der Waals surface area contributed by atoms with Gasteiger partial charge in [0.15, 0.2) is 0 Å². The van der Waals surface area contributed by atoms with Crippen LogP contribution in [0.3, 0.4) is 0 Å². The molecular formula is C39H76. The van der Waals surface area contributed by atoms with E-state index in [1.807, 2.05) is 0 Å². The summed E-state index contributed by atoms with van der Waals surface area (Å²) in [5, 5.41) is 0. The van der Waals surface area contributed by atoms with Crippen LogP contribution in [0.25, 0.3) is 0 Å². The molecule has 0 heterocycles. The lowest BCUT2D eigenvalue weighted by Gasteiger charge is -2.52. The molecule has 0 aromatic rings. The molecule has 9 atom stereocenters. The fraction of sp³-hybridized carbons (Fsp3) is 1.00. The summed E-state index contributed by atoms with van der Waals surface area (Å²) in [6, 6.07) is 0. The van der Waals surface area contributed by atoms with Crippen molar-refractivity contribution in [3.05, 3.63) is 0 Å². The molecule has 2 aliphatic carbocycles. The van der Waals surface area contributed by atoms with Crippen molar-refractivity contribution in [2.45, 2.75) is 191 Å². The first-order valence-electron chi connectivity index (χ1n) is 18.6. The zero-order valence-electron chi connectivity index (χ0n) is 29.1. The average Bonchev–Trinajstić information content (AvgIpc) is 3.62. The standard InChI is InChI=1S/C39H76/c1-11-17-22-31(8)26-32(15-5)29-39(38(9,10)16-6)25-19-24-35-36(37(35)39)28-33(21-14-4)34(23-18-12-2)27-30(7)20-13-3/h30-37H,11-29H2,1-10H3. The minimum atomic E-state index is 0.475. The Kier molecular flexibility index (Phi) is 15.5. The molecule has 0 radical (unpaired) electrons. The number of unbranched alkanes of at least 4 members (excludes halogenated alkanes) is 2. The highest BCUT2D eigenvalue weighted by molar-refractivity contribution is 5.14. The fourth-order valence-corrected chi connectivity index (χ4v) is 10.0. The number of hydrogen-bond acceptors (Lipinski definition) is 0. The summed E-state index contributed by atoms with van der Waals surface area (Å²) in [7, 11) is 0. The van der Waals surface area contributed by atoms with E-state index >= 15 is 0 Å². The van der Waals surface area contributed by atoms with E-state index in [4.69, 9.17) is 0 Å². The van der Waals surface area contributed by atoms with Crippen molar-refractivity contribution < 1.29 is 0 Å². The van der Waals surface area contributed by atoms with Crippen LogP contribution in [0.15, 0.2) is 0 Å². The molecule has 2 rings (SSSR count). The lowest BCUT2D eigenvalue weighted by molar-refractivity contribution is -0.0257. The predicted octanol–water partition coefficient (Wildman–Crippen LogP) is 13.5. The van der Waals surface area contributed by atoms with Gasteiger partial charge in [0.2, 0.25) is 0 Å². The van der Waals surface area contributed by atoms with Crippen molar-refractivity contribution in [3.8, 4) is 0 Å². The fourth-order valence-electron chi connectivity index (χ4n) is 10.0. The van der Waals surface area contributed by atoms with Gasteiger partial charge in [-0.25, -0.2) is 0 Å². The van der Waals surface area contributed by atoms with E-state index in [-0.39, 0.29) is 0 Å². The molecule has 0 aromatic heterocycles. The van der Waals surface area contributed by atoms with Gasteiger partial charge in [-0.1, -0.05) is 153 Å². The van der Waals surface area contributed by atoms with Crippen molar-refractivity contribution in [2.24, 2.45) is 58.2 Å². The summed E-state index contributed by atoms with van der Waals surface area (Å²) in [5.41, 5.74) is 1.06. The van der Waals surface area contributed by atoms with Crippen molar-refractivity contribution in [2.75, 3.05) is 0 Å². The topological polar surface area (TPSA) is 0 Å². The van der Waals surface area contributed by atoms with Crippen LogP contribution in [0.4, 0.5) is 0 Å². The van der Waals surface area contributed by atoms with Gasteiger partial charge in [-0.15, -0.1) is 0 Å². The minimum Gasteiger partial charge on any atom is -0.0654 e. The molecular weight excluding hydrogens is 468 g/mol. The van der Waals surface area contributed by atoms with E-state index in [9.17, 15) is 0 Å². The smallest absolute Gasteiger partial charge is 0.0210 e. The number of rotatable bonds is 22. The molecule has 2 fully saturated rings. The van der Waals surface area contributed by atoms with Crippen LogP contribution in [0.1, 0.15) is 191 Å². The maximum Gasteiger partial charge on any atom is -0.0210 e. The van der Waals surface area contributed by atoms with Crippen LogP contribution in [0.2, 0.25) is 0 Å². The first-order chi connectivity index (χ1) is 18.6. The average molecular weight is 545 g/mol. The first-order valence-corrected chi connectivity index (χ1v) is 18.6. The van der Waals surface area contributed by atoms with Gasteiger partial charge in [-0.2, -0.15) is 0 Å². The molecule has 0 N–H and O–H groups in total. The quantitative estimate of drug-likeness (QED) is 0.127. The summed E-state index contributed by atoms with van der Waals surface area (Å²) < 4.78 is 0. The molecule has 0 aliphatic heterocycles. The Morgan fingerprint density at radius 2 is 1.38 bits per heavy atom. The Morgan fingerprint density at radius 3 is 1.97 bits per heavy atom. The minimum absolute atomic E-state index is 0.475. The number of fused-ring (bicyclic) bond motifs is 1. The highest BCUT2D eigenvalue weighted by Crippen LogP contribution is 2.73. The lowest BCUT2D eigenvalue weighted by atomic mass is 9.53. The molecule has 2 aliphatic rings. The van der Waals surface area contributed by atoms with E-state index in [0.29, 0.717) is 10.8 Å². The summed E-state index contributed by atoms with van der Waals surface area (Å²) >= 11 is 0. The Labute approximate surface area is 249 Å². The zero-order valence-corrected chi connectivity index (χ0v) is 29.1. The molecule has 0 spiro atoms. The molecule has 232 valence electrons. The van der Waals surface area contributed by atoms with Gasteiger partial charge in [0.25, 0.3) is 0 Å². The van der Waals surface area contributed by atoms with Crippen molar-refractivity contribution in [1.82, 2.24) is 0 Å². The van der Waals surface area contributed by atoms with E-state index in [1.54, 1.807) is 12.8 Å². The third-order valence-corrected chi connectivity index (χ3v) is 12.7. The van der Waals surface area contributed by atoms with Crippen LogP contribution in [0.5, 0.6) is 0 Å². The van der Waals surface area contributed by atoms with Gasteiger partial charge in [-0.3, -0.25) is 0 Å². The molecule has 0 saturated heterocycles. The second-order valence-electron chi connectivity index (χ2n) is 15.9. The Bertz CT molecular complexity index is 632. The van der Waals surface area contributed by atoms with Gasteiger partial charge >= 0.3 is 0 Å². The Morgan fingerprint density at radius 1 is 0.744 bits per heavy atom. The van der Waals surface area contributed by atoms with Crippen LogP contribution in [-0.4, -0.2) is 0 Å². The second kappa shape index (κ2) is 17.2. The van der Waals surface area contributed by atoms with Gasteiger partial charge in [0.1, 0.15) is 0 Å². The van der Waals surface area contributed by atoms with Gasteiger partial charge in [-0.05, 0) is 96.7 Å². The van der Waals surface area contributed by atoms with Crippen LogP contribution < -0.4 is 0 Å². The molecule has 39 heavy (non-hydrogen) atoms. The maximum atomic E-state index is 2.69. The summed E-state index contributed by atoms with van der Waals surface area (Å²) in [6.45, 7) is 25.2. The van der Waals surface area contributed by atoms with E-state index < -0.39 is 0 Å². The highest BCUT2D eigenvalue weighted by Gasteiger charge is 2.66. The molecule has 0 amide bonds. The summed E-state index contributed by atoms with van der Waals surface area (Å²) in [6.07, 6.45) is 27.6. The van der Waals surface area contributed by atoms with Crippen LogP contribution in [0, 0.1) is 58.2 Å². The monoisotopic (exact) mass is 545 g/mol. The summed E-state index contributed by atoms with van der Waals surface area (Å²) in [5.74, 6) is 7.83. The highest BCUT2D eigenvalue weighted by atomic mass is 14.7. The van der Waals surface area contributed by atoms with Crippen LogP contribution in [-0.2, 0) is 0 Å². The normalized spacial score (nSPS) is 28.9. The molecule has 2 saturated carbocycles. The molecule has 9 unspecified atom stereocenters. The second-order valence-corrected chi connectivity index (χ2v) is 15.9. The van der Waals surface area contributed by atoms with Gasteiger partial charge in [0, 0.05) is 0 Å². The van der Waals surface area contributed by atoms with E-state index in [0.717, 1.165) is 47.3 Å². The van der Waals surface area contributed by atoms with E-state index in [1.165, 1.54) is 109 Å². The summed E-state index contributed by atoms with van der Waals surface area (Å²) in [4.78, 5) is 0. The SMILES string of the molecule is CCCCC(C)CC(CC)CC1(C(C)(C)CC)CCCC2C(CC(CCC)C(CCCC)CC(C)CCC)C21. The lowest BCUT2D eigenvalue weighted by Crippen LogP contribution is -2.43. The maximum absolute atomic E-state index is 2.69.